The first kappa shape index (κ1) is 26.2. The number of hydrogen-bond acceptors (Lipinski definition) is 6. The lowest BCUT2D eigenvalue weighted by atomic mass is 9.91. The first-order valence-electron chi connectivity index (χ1n) is 12.5. The van der Waals surface area contributed by atoms with Gasteiger partial charge >= 0.3 is 11.9 Å². The summed E-state index contributed by atoms with van der Waals surface area (Å²) >= 11 is 0. The van der Waals surface area contributed by atoms with Crippen LogP contribution in [0.3, 0.4) is 0 Å². The molecule has 0 spiro atoms. The first-order valence-corrected chi connectivity index (χ1v) is 12.5. The molecule has 0 saturated carbocycles. The quantitative estimate of drug-likeness (QED) is 0.195. The van der Waals surface area contributed by atoms with Crippen LogP contribution in [0.4, 0.5) is 0 Å². The van der Waals surface area contributed by atoms with Crippen LogP contribution in [0, 0.1) is 23.7 Å². The van der Waals surface area contributed by atoms with Crippen molar-refractivity contribution in [2.75, 3.05) is 26.4 Å². The van der Waals surface area contributed by atoms with Gasteiger partial charge in [-0.05, 0) is 57.9 Å². The number of fused-ring (bicyclic) bond motifs is 7. The van der Waals surface area contributed by atoms with Crippen molar-refractivity contribution < 1.29 is 28.5 Å². The van der Waals surface area contributed by atoms with Gasteiger partial charge in [-0.1, -0.05) is 61.1 Å². The van der Waals surface area contributed by atoms with Crippen LogP contribution in [0.1, 0.15) is 11.1 Å². The Morgan fingerprint density at radius 3 is 1.57 bits per heavy atom. The SMILES string of the molecule is C=CC(=O)OCC#Cc1ccc2c3c(ccc2c1)OCCOc1ccc2cc(C#CCOC(=O)C=C)ccc2c1-3. The van der Waals surface area contributed by atoms with Gasteiger partial charge in [0.2, 0.25) is 0 Å². The van der Waals surface area contributed by atoms with Crippen LogP contribution in [0.5, 0.6) is 11.5 Å². The monoisotopic (exact) mass is 528 g/mol. The number of esters is 2. The second-order valence-electron chi connectivity index (χ2n) is 8.67. The van der Waals surface area contributed by atoms with E-state index < -0.39 is 11.9 Å². The Bertz CT molecular complexity index is 1660. The van der Waals surface area contributed by atoms with Gasteiger partial charge in [0.15, 0.2) is 13.2 Å². The third-order valence-corrected chi connectivity index (χ3v) is 6.18. The van der Waals surface area contributed by atoms with Crippen LogP contribution in [-0.4, -0.2) is 38.4 Å². The highest BCUT2D eigenvalue weighted by Crippen LogP contribution is 2.46. The molecule has 0 aliphatic carbocycles. The van der Waals surface area contributed by atoms with Gasteiger partial charge in [-0.15, -0.1) is 0 Å². The molecule has 0 amide bonds. The molecule has 0 aromatic heterocycles. The van der Waals surface area contributed by atoms with Crippen molar-refractivity contribution in [3.8, 4) is 46.3 Å². The summed E-state index contributed by atoms with van der Waals surface area (Å²) in [5.74, 6) is 12.3. The molecule has 5 rings (SSSR count). The summed E-state index contributed by atoms with van der Waals surface area (Å²) in [5, 5.41) is 3.95. The van der Waals surface area contributed by atoms with E-state index in [9.17, 15) is 9.59 Å². The zero-order valence-corrected chi connectivity index (χ0v) is 21.6. The number of rotatable bonds is 4. The summed E-state index contributed by atoms with van der Waals surface area (Å²) < 4.78 is 22.1. The van der Waals surface area contributed by atoms with E-state index in [0.29, 0.717) is 13.2 Å². The molecule has 196 valence electrons. The van der Waals surface area contributed by atoms with Crippen molar-refractivity contribution in [2.45, 2.75) is 0 Å². The van der Waals surface area contributed by atoms with Crippen molar-refractivity contribution in [2.24, 2.45) is 0 Å². The lowest BCUT2D eigenvalue weighted by molar-refractivity contribution is -0.137. The van der Waals surface area contributed by atoms with Crippen molar-refractivity contribution in [1.82, 2.24) is 0 Å². The summed E-state index contributed by atoms with van der Waals surface area (Å²) in [4.78, 5) is 22.5. The lowest BCUT2D eigenvalue weighted by Gasteiger charge is -2.22. The van der Waals surface area contributed by atoms with Crippen LogP contribution < -0.4 is 9.47 Å². The molecule has 6 nitrogen and oxygen atoms in total. The lowest BCUT2D eigenvalue weighted by Crippen LogP contribution is -2.13. The topological polar surface area (TPSA) is 71.1 Å². The van der Waals surface area contributed by atoms with Gasteiger partial charge in [0.1, 0.15) is 24.7 Å². The van der Waals surface area contributed by atoms with Crippen LogP contribution in [0.2, 0.25) is 0 Å². The summed E-state index contributed by atoms with van der Waals surface area (Å²) in [6, 6.07) is 19.9. The van der Waals surface area contributed by atoms with E-state index >= 15 is 0 Å². The number of carbonyl (C=O) groups excluding carboxylic acids is 2. The molecule has 0 atom stereocenters. The van der Waals surface area contributed by atoms with Crippen molar-refractivity contribution in [3.63, 3.8) is 0 Å². The van der Waals surface area contributed by atoms with E-state index in [1.54, 1.807) is 0 Å². The molecule has 6 heteroatoms. The first-order chi connectivity index (χ1) is 19.6. The second-order valence-corrected chi connectivity index (χ2v) is 8.67. The Kier molecular flexibility index (Phi) is 7.81. The van der Waals surface area contributed by atoms with Crippen molar-refractivity contribution in [1.29, 1.82) is 0 Å². The molecule has 0 radical (unpaired) electrons. The molecule has 40 heavy (non-hydrogen) atoms. The van der Waals surface area contributed by atoms with Crippen LogP contribution in [-0.2, 0) is 19.1 Å². The number of hydrogen-bond donors (Lipinski definition) is 0. The van der Waals surface area contributed by atoms with E-state index in [-0.39, 0.29) is 13.2 Å². The molecule has 0 fully saturated rings. The molecule has 4 aromatic carbocycles. The van der Waals surface area contributed by atoms with Gasteiger partial charge in [0.25, 0.3) is 0 Å². The van der Waals surface area contributed by atoms with Gasteiger partial charge < -0.3 is 18.9 Å². The molecule has 1 heterocycles. The Hall–Kier alpha value is -5.46. The van der Waals surface area contributed by atoms with Gasteiger partial charge in [-0.25, -0.2) is 9.59 Å². The van der Waals surface area contributed by atoms with E-state index in [2.05, 4.69) is 36.8 Å². The van der Waals surface area contributed by atoms with Crippen LogP contribution in [0.15, 0.2) is 86.0 Å². The van der Waals surface area contributed by atoms with E-state index in [1.165, 1.54) is 0 Å². The fourth-order valence-electron chi connectivity index (χ4n) is 4.44. The predicted octanol–water partition coefficient (Wildman–Crippen LogP) is 5.59. The zero-order chi connectivity index (χ0) is 27.9. The maximum atomic E-state index is 11.2. The van der Waals surface area contributed by atoms with Gasteiger partial charge in [0.05, 0.1) is 0 Å². The molecule has 0 bridgehead atoms. The fourth-order valence-corrected chi connectivity index (χ4v) is 4.44. The highest BCUT2D eigenvalue weighted by Gasteiger charge is 2.21. The normalized spacial score (nSPS) is 11.4. The average molecular weight is 529 g/mol. The van der Waals surface area contributed by atoms with E-state index in [0.717, 1.165) is 67.4 Å². The Balaban J connectivity index is 1.56. The van der Waals surface area contributed by atoms with Crippen LogP contribution >= 0.6 is 0 Å². The fraction of sp³-hybridized carbons (Fsp3) is 0.118. The minimum Gasteiger partial charge on any atom is -0.489 e. The summed E-state index contributed by atoms with van der Waals surface area (Å²) in [5.41, 5.74) is 3.47. The molecule has 1 aliphatic rings. The minimum absolute atomic E-state index is 0.00996. The summed E-state index contributed by atoms with van der Waals surface area (Å²) in [6.45, 7) is 7.58. The molecule has 0 saturated heterocycles. The molecule has 4 aromatic rings. The number of carbonyl (C=O) groups is 2. The summed E-state index contributed by atoms with van der Waals surface area (Å²) in [6.07, 6.45) is 2.22. The molecule has 1 aliphatic heterocycles. The maximum absolute atomic E-state index is 11.2. The Morgan fingerprint density at radius 2 is 1.15 bits per heavy atom. The maximum Gasteiger partial charge on any atom is 0.331 e. The van der Waals surface area contributed by atoms with Gasteiger partial charge in [-0.3, -0.25) is 0 Å². The van der Waals surface area contributed by atoms with Crippen molar-refractivity contribution >= 4 is 33.5 Å². The van der Waals surface area contributed by atoms with E-state index in [4.69, 9.17) is 18.9 Å². The van der Waals surface area contributed by atoms with Gasteiger partial charge in [-0.2, -0.15) is 0 Å². The zero-order valence-electron chi connectivity index (χ0n) is 21.6. The molecule has 0 N–H and O–H groups in total. The Morgan fingerprint density at radius 1 is 0.700 bits per heavy atom. The molecular weight excluding hydrogens is 504 g/mol. The number of benzene rings is 4. The van der Waals surface area contributed by atoms with Gasteiger partial charge in [0, 0.05) is 34.4 Å². The standard InChI is InChI=1S/C34H24O6/c1-3-31(35)39-17-5-7-23-9-13-27-25(21-23)11-15-29-33(27)34-28-14-10-24(8-6-18-40-32(36)4-2)22-26(28)12-16-30(34)38-20-19-37-29/h3-4,9-16,21-22H,1-2,17-20H2. The minimum atomic E-state index is -0.507. The van der Waals surface area contributed by atoms with E-state index in [1.807, 2.05) is 60.7 Å². The smallest absolute Gasteiger partial charge is 0.331 e. The average Bonchev–Trinajstić information content (AvgIpc) is 2.97. The molecule has 0 unspecified atom stereocenters. The third kappa shape index (κ3) is 5.67. The molecular formula is C34H24O6. The largest absolute Gasteiger partial charge is 0.489 e. The third-order valence-electron chi connectivity index (χ3n) is 6.18. The highest BCUT2D eigenvalue weighted by atomic mass is 16.5. The number of ether oxygens (including phenoxy) is 4. The van der Waals surface area contributed by atoms with Crippen LogP contribution in [0.25, 0.3) is 32.7 Å². The highest BCUT2D eigenvalue weighted by molar-refractivity contribution is 6.10. The Labute approximate surface area is 231 Å². The predicted molar refractivity (Wildman–Crippen MR) is 154 cm³/mol. The summed E-state index contributed by atoms with van der Waals surface area (Å²) in [7, 11) is 0. The van der Waals surface area contributed by atoms with Crippen molar-refractivity contribution in [3.05, 3.63) is 97.1 Å². The second kappa shape index (κ2) is 11.9.